The fraction of sp³-hybridized carbons (Fsp3) is 0.900. The van der Waals surface area contributed by atoms with Gasteiger partial charge in [0.1, 0.15) is 0 Å². The van der Waals surface area contributed by atoms with Crippen LogP contribution in [-0.2, 0) is 4.79 Å². The Hall–Kier alpha value is -0.370. The monoisotopic (exact) mass is 169 g/mol. The molecule has 2 heteroatoms. The minimum absolute atomic E-state index is 0.135. The van der Waals surface area contributed by atoms with Gasteiger partial charge in [0, 0.05) is 6.42 Å². The zero-order chi connectivity index (χ0) is 9.03. The van der Waals surface area contributed by atoms with Crippen molar-refractivity contribution in [2.24, 2.45) is 0 Å². The van der Waals surface area contributed by atoms with Crippen LogP contribution in [0.2, 0.25) is 0 Å². The van der Waals surface area contributed by atoms with Gasteiger partial charge >= 0.3 is 0 Å². The first kappa shape index (κ1) is 9.72. The topological polar surface area (TPSA) is 29.1 Å². The number of hydrogen-bond acceptors (Lipinski definition) is 2. The molecule has 1 fully saturated rings. The minimum atomic E-state index is -0.135. The highest BCUT2D eigenvalue weighted by molar-refractivity contribution is 5.88. The van der Waals surface area contributed by atoms with E-state index in [1.807, 2.05) is 6.92 Å². The number of hydrogen-bond donors (Lipinski definition) is 1. The maximum absolute atomic E-state index is 11.7. The number of nitrogens with one attached hydrogen (secondary N) is 1. The van der Waals surface area contributed by atoms with Crippen LogP contribution in [0.4, 0.5) is 0 Å². The second-order valence-corrected chi connectivity index (χ2v) is 3.60. The summed E-state index contributed by atoms with van der Waals surface area (Å²) >= 11 is 0. The first-order valence-corrected chi connectivity index (χ1v) is 5.03. The smallest absolute Gasteiger partial charge is 0.152 e. The fourth-order valence-corrected chi connectivity index (χ4v) is 2.21. The molecule has 0 amide bonds. The van der Waals surface area contributed by atoms with E-state index >= 15 is 0 Å². The Morgan fingerprint density at radius 2 is 1.92 bits per heavy atom. The fourth-order valence-electron chi connectivity index (χ4n) is 2.21. The highest BCUT2D eigenvalue weighted by Gasteiger charge is 2.38. The average molecular weight is 169 g/mol. The highest BCUT2D eigenvalue weighted by Crippen LogP contribution is 2.31. The van der Waals surface area contributed by atoms with E-state index in [0.717, 1.165) is 19.4 Å². The lowest BCUT2D eigenvalue weighted by molar-refractivity contribution is -0.125. The Morgan fingerprint density at radius 1 is 1.33 bits per heavy atom. The molecule has 0 aromatic heterocycles. The molecule has 0 atom stereocenters. The maximum Gasteiger partial charge on any atom is 0.152 e. The Kier molecular flexibility index (Phi) is 3.27. The van der Waals surface area contributed by atoms with E-state index in [-0.39, 0.29) is 5.54 Å². The number of carbonyl (C=O) groups excluding carboxylic acids is 1. The molecule has 0 spiro atoms. The van der Waals surface area contributed by atoms with E-state index < -0.39 is 0 Å². The molecule has 1 aliphatic rings. The van der Waals surface area contributed by atoms with Crippen molar-refractivity contribution in [1.82, 2.24) is 5.32 Å². The van der Waals surface area contributed by atoms with Crippen molar-refractivity contribution in [1.29, 1.82) is 0 Å². The highest BCUT2D eigenvalue weighted by atomic mass is 16.1. The third-order valence-electron chi connectivity index (χ3n) is 2.83. The third-order valence-corrected chi connectivity index (χ3v) is 2.83. The summed E-state index contributed by atoms with van der Waals surface area (Å²) in [7, 11) is 0. The molecule has 2 nitrogen and oxygen atoms in total. The lowest BCUT2D eigenvalue weighted by Gasteiger charge is -2.27. The van der Waals surface area contributed by atoms with Gasteiger partial charge in [-0.15, -0.1) is 0 Å². The van der Waals surface area contributed by atoms with E-state index in [4.69, 9.17) is 0 Å². The van der Waals surface area contributed by atoms with Crippen molar-refractivity contribution in [3.63, 3.8) is 0 Å². The first-order chi connectivity index (χ1) is 5.75. The lowest BCUT2D eigenvalue weighted by atomic mass is 9.90. The Morgan fingerprint density at radius 3 is 2.33 bits per heavy atom. The summed E-state index contributed by atoms with van der Waals surface area (Å²) in [5.41, 5.74) is -0.135. The zero-order valence-electron chi connectivity index (χ0n) is 8.15. The summed E-state index contributed by atoms with van der Waals surface area (Å²) in [6.45, 7) is 4.94. The second-order valence-electron chi connectivity index (χ2n) is 3.60. The van der Waals surface area contributed by atoms with E-state index in [1.54, 1.807) is 0 Å². The molecule has 0 saturated heterocycles. The lowest BCUT2D eigenvalue weighted by Crippen LogP contribution is -2.49. The summed E-state index contributed by atoms with van der Waals surface area (Å²) in [5, 5.41) is 3.36. The molecule has 70 valence electrons. The molecular weight excluding hydrogens is 150 g/mol. The normalized spacial score (nSPS) is 21.2. The molecule has 0 aliphatic heterocycles. The largest absolute Gasteiger partial charge is 0.305 e. The van der Waals surface area contributed by atoms with Crippen LogP contribution in [0.1, 0.15) is 46.0 Å². The van der Waals surface area contributed by atoms with Gasteiger partial charge in [-0.3, -0.25) is 4.79 Å². The second kappa shape index (κ2) is 4.04. The van der Waals surface area contributed by atoms with Gasteiger partial charge < -0.3 is 5.32 Å². The van der Waals surface area contributed by atoms with Crippen molar-refractivity contribution in [3.8, 4) is 0 Å². The molecule has 0 aromatic rings. The molecule has 0 bridgehead atoms. The van der Waals surface area contributed by atoms with Crippen molar-refractivity contribution in [3.05, 3.63) is 0 Å². The van der Waals surface area contributed by atoms with E-state index in [1.165, 1.54) is 12.8 Å². The van der Waals surface area contributed by atoms with E-state index in [2.05, 4.69) is 12.2 Å². The van der Waals surface area contributed by atoms with Gasteiger partial charge in [-0.25, -0.2) is 0 Å². The molecule has 1 N–H and O–H groups in total. The molecule has 1 rings (SSSR count). The standard InChI is InChI=1S/C10H19NO/c1-3-9(12)10(11-4-2)7-5-6-8-10/h11H,3-8H2,1-2H3. The zero-order valence-corrected chi connectivity index (χ0v) is 8.15. The van der Waals surface area contributed by atoms with Gasteiger partial charge in [0.05, 0.1) is 5.54 Å². The van der Waals surface area contributed by atoms with Gasteiger partial charge in [-0.1, -0.05) is 26.7 Å². The average Bonchev–Trinajstić information content (AvgIpc) is 2.53. The van der Waals surface area contributed by atoms with Crippen molar-refractivity contribution < 1.29 is 4.79 Å². The summed E-state index contributed by atoms with van der Waals surface area (Å²) < 4.78 is 0. The molecule has 12 heavy (non-hydrogen) atoms. The molecule has 0 aromatic carbocycles. The molecule has 0 heterocycles. The number of carbonyl (C=O) groups is 1. The third kappa shape index (κ3) is 1.69. The van der Waals surface area contributed by atoms with Crippen LogP contribution in [0.25, 0.3) is 0 Å². The van der Waals surface area contributed by atoms with Crippen molar-refractivity contribution >= 4 is 5.78 Å². The number of likely N-dealkylation sites (N-methyl/N-ethyl adjacent to an activating group) is 1. The van der Waals surface area contributed by atoms with Gasteiger partial charge in [-0.2, -0.15) is 0 Å². The number of ketones is 1. The molecule has 1 aliphatic carbocycles. The van der Waals surface area contributed by atoms with E-state index in [0.29, 0.717) is 12.2 Å². The maximum atomic E-state index is 11.7. The van der Waals surface area contributed by atoms with Crippen LogP contribution in [0, 0.1) is 0 Å². The Labute approximate surface area is 74.7 Å². The van der Waals surface area contributed by atoms with Crippen LogP contribution < -0.4 is 5.32 Å². The molecule has 1 saturated carbocycles. The Balaban J connectivity index is 2.64. The van der Waals surface area contributed by atoms with Gasteiger partial charge in [0.25, 0.3) is 0 Å². The van der Waals surface area contributed by atoms with Crippen molar-refractivity contribution in [2.45, 2.75) is 51.5 Å². The summed E-state index contributed by atoms with van der Waals surface area (Å²) in [6, 6.07) is 0. The summed E-state index contributed by atoms with van der Waals surface area (Å²) in [6.07, 6.45) is 5.19. The van der Waals surface area contributed by atoms with Crippen molar-refractivity contribution in [2.75, 3.05) is 6.54 Å². The Bertz CT molecular complexity index is 159. The predicted molar refractivity (Wildman–Crippen MR) is 50.2 cm³/mol. The molecule has 0 unspecified atom stereocenters. The van der Waals surface area contributed by atoms with Crippen LogP contribution in [0.3, 0.4) is 0 Å². The molecular formula is C10H19NO. The van der Waals surface area contributed by atoms with Crippen LogP contribution in [0.5, 0.6) is 0 Å². The number of rotatable bonds is 4. The van der Waals surface area contributed by atoms with Gasteiger partial charge in [0.15, 0.2) is 5.78 Å². The SMILES string of the molecule is CCNC1(C(=O)CC)CCCC1. The summed E-state index contributed by atoms with van der Waals surface area (Å²) in [5.74, 6) is 0.404. The van der Waals surface area contributed by atoms with E-state index in [9.17, 15) is 4.79 Å². The van der Waals surface area contributed by atoms with Gasteiger partial charge in [-0.05, 0) is 19.4 Å². The quantitative estimate of drug-likeness (QED) is 0.696. The minimum Gasteiger partial charge on any atom is -0.305 e. The van der Waals surface area contributed by atoms with Crippen LogP contribution in [0.15, 0.2) is 0 Å². The molecule has 0 radical (unpaired) electrons. The number of Topliss-reactive ketones (excluding diaryl/α,β-unsaturated/α-hetero) is 1. The van der Waals surface area contributed by atoms with Crippen LogP contribution in [-0.4, -0.2) is 17.9 Å². The van der Waals surface area contributed by atoms with Gasteiger partial charge in [0.2, 0.25) is 0 Å². The predicted octanol–water partition coefficient (Wildman–Crippen LogP) is 1.89. The first-order valence-electron chi connectivity index (χ1n) is 5.03. The van der Waals surface area contributed by atoms with Crippen LogP contribution >= 0.6 is 0 Å². The summed E-state index contributed by atoms with van der Waals surface area (Å²) in [4.78, 5) is 11.7.